The number of carbonyl (C=O) groups is 1. The second kappa shape index (κ2) is 6.67. The highest BCUT2D eigenvalue weighted by atomic mass is 79.9. The normalized spacial score (nSPS) is 11.4. The lowest BCUT2D eigenvalue weighted by Gasteiger charge is -2.08. The molecule has 106 valence electrons. The lowest BCUT2D eigenvalue weighted by Crippen LogP contribution is -2.11. The van der Waals surface area contributed by atoms with Gasteiger partial charge in [-0.05, 0) is 18.6 Å². The highest BCUT2D eigenvalue weighted by molar-refractivity contribution is 9.10. The minimum Gasteiger partial charge on any atom is -0.462 e. The number of carbonyl (C=O) groups excluding carboxylic acids is 1. The van der Waals surface area contributed by atoms with E-state index >= 15 is 0 Å². The van der Waals surface area contributed by atoms with Gasteiger partial charge in [-0.15, -0.1) is 0 Å². The Labute approximate surface area is 123 Å². The predicted octanol–water partition coefficient (Wildman–Crippen LogP) is 3.47. The van der Waals surface area contributed by atoms with E-state index in [0.717, 1.165) is 18.6 Å². The summed E-state index contributed by atoms with van der Waals surface area (Å²) in [5.41, 5.74) is -0.468. The molecule has 0 saturated heterocycles. The van der Waals surface area contributed by atoms with Crippen LogP contribution in [0, 0.1) is 5.82 Å². The third-order valence-electron chi connectivity index (χ3n) is 2.22. The maximum absolute atomic E-state index is 13.9. The first-order chi connectivity index (χ1) is 8.77. The fourth-order valence-corrected chi connectivity index (χ4v) is 2.82. The summed E-state index contributed by atoms with van der Waals surface area (Å²) in [4.78, 5) is 10.9. The topological polar surface area (TPSA) is 60.4 Å². The molecule has 0 saturated carbocycles. The minimum atomic E-state index is -4.28. The van der Waals surface area contributed by atoms with E-state index in [0.29, 0.717) is 6.42 Å². The Balaban J connectivity index is 3.15. The zero-order valence-corrected chi connectivity index (χ0v) is 13.1. The van der Waals surface area contributed by atoms with E-state index in [1.54, 1.807) is 0 Å². The van der Waals surface area contributed by atoms with Crippen LogP contribution in [0.2, 0.25) is 0 Å². The summed E-state index contributed by atoms with van der Waals surface area (Å²) >= 11 is 2.99. The largest absolute Gasteiger partial charge is 0.462 e. The fraction of sp³-hybridized carbons (Fsp3) is 0.364. The summed E-state index contributed by atoms with van der Waals surface area (Å²) < 4.78 is 41.4. The van der Waals surface area contributed by atoms with Gasteiger partial charge in [0.05, 0.1) is 12.2 Å². The Morgan fingerprint density at radius 2 is 2.11 bits per heavy atom. The number of halogens is 3. The van der Waals surface area contributed by atoms with E-state index in [4.69, 9.17) is 15.4 Å². The van der Waals surface area contributed by atoms with E-state index in [2.05, 4.69) is 15.9 Å². The highest BCUT2D eigenvalue weighted by Crippen LogP contribution is 2.27. The average molecular weight is 374 g/mol. The monoisotopic (exact) mass is 372 g/mol. The van der Waals surface area contributed by atoms with Gasteiger partial charge >= 0.3 is 5.97 Å². The molecule has 0 aliphatic rings. The van der Waals surface area contributed by atoms with Crippen LogP contribution in [0.15, 0.2) is 21.5 Å². The van der Waals surface area contributed by atoms with Crippen LogP contribution in [0.3, 0.4) is 0 Å². The average Bonchev–Trinajstić information content (AvgIpc) is 2.30. The molecule has 0 aliphatic carbocycles. The van der Waals surface area contributed by atoms with Gasteiger partial charge in [0.2, 0.25) is 0 Å². The van der Waals surface area contributed by atoms with Gasteiger partial charge in [-0.2, -0.15) is 0 Å². The van der Waals surface area contributed by atoms with Gasteiger partial charge in [0, 0.05) is 15.2 Å². The molecule has 0 atom stereocenters. The van der Waals surface area contributed by atoms with E-state index in [1.165, 1.54) is 0 Å². The second-order valence-corrected chi connectivity index (χ2v) is 7.14. The first kappa shape index (κ1) is 16.4. The molecule has 0 heterocycles. The predicted molar refractivity (Wildman–Crippen MR) is 72.3 cm³/mol. The zero-order chi connectivity index (χ0) is 14.6. The van der Waals surface area contributed by atoms with Crippen molar-refractivity contribution in [2.24, 2.45) is 0 Å². The number of unbranched alkanes of at least 4 members (excludes halogenated alkanes) is 1. The molecule has 1 aromatic carbocycles. The number of benzene rings is 1. The molecule has 0 unspecified atom stereocenters. The Morgan fingerprint density at radius 3 is 2.63 bits per heavy atom. The van der Waals surface area contributed by atoms with Gasteiger partial charge in [0.25, 0.3) is 9.05 Å². The molecule has 1 aromatic rings. The van der Waals surface area contributed by atoms with Gasteiger partial charge in [-0.3, -0.25) is 0 Å². The maximum atomic E-state index is 13.9. The molecule has 8 heteroatoms. The number of rotatable bonds is 5. The van der Waals surface area contributed by atoms with Crippen molar-refractivity contribution < 1.29 is 22.3 Å². The molecule has 0 aromatic heterocycles. The van der Waals surface area contributed by atoms with Crippen LogP contribution in [0.25, 0.3) is 0 Å². The van der Waals surface area contributed by atoms with E-state index < -0.39 is 31.3 Å². The molecule has 0 fully saturated rings. The smallest absolute Gasteiger partial charge is 0.341 e. The van der Waals surface area contributed by atoms with Gasteiger partial charge in [-0.25, -0.2) is 17.6 Å². The van der Waals surface area contributed by atoms with Crippen LogP contribution < -0.4 is 0 Å². The standard InChI is InChI=1S/C11H11BrClFO4S/c1-2-3-4-18-11(15)8-5-7(12)6-9(10(8)14)19(13,16)17/h5-6H,2-4H2,1H3. The van der Waals surface area contributed by atoms with Crippen molar-refractivity contribution >= 4 is 41.6 Å². The number of hydrogen-bond acceptors (Lipinski definition) is 4. The van der Waals surface area contributed by atoms with E-state index in [9.17, 15) is 17.6 Å². The Bertz CT molecular complexity index is 589. The SMILES string of the molecule is CCCCOC(=O)c1cc(Br)cc(S(=O)(=O)Cl)c1F. The van der Waals surface area contributed by atoms with Crippen LogP contribution in [0.1, 0.15) is 30.1 Å². The van der Waals surface area contributed by atoms with Gasteiger partial charge in [-0.1, -0.05) is 29.3 Å². The van der Waals surface area contributed by atoms with Crippen molar-refractivity contribution in [1.29, 1.82) is 0 Å². The van der Waals surface area contributed by atoms with E-state index in [1.807, 2.05) is 6.92 Å². The molecule has 0 N–H and O–H groups in total. The van der Waals surface area contributed by atoms with Crippen molar-refractivity contribution in [3.8, 4) is 0 Å². The Hall–Kier alpha value is -0.660. The number of ether oxygens (including phenoxy) is 1. The first-order valence-electron chi connectivity index (χ1n) is 5.38. The van der Waals surface area contributed by atoms with Crippen molar-refractivity contribution in [2.75, 3.05) is 6.61 Å². The van der Waals surface area contributed by atoms with Crippen molar-refractivity contribution in [3.63, 3.8) is 0 Å². The fourth-order valence-electron chi connectivity index (χ4n) is 1.28. The summed E-state index contributed by atoms with van der Waals surface area (Å²) in [5.74, 6) is -2.13. The molecule has 19 heavy (non-hydrogen) atoms. The molecule has 0 radical (unpaired) electrons. The summed E-state index contributed by atoms with van der Waals surface area (Å²) in [6.45, 7) is 2.05. The lowest BCUT2D eigenvalue weighted by molar-refractivity contribution is 0.0493. The summed E-state index contributed by atoms with van der Waals surface area (Å²) in [6, 6.07) is 2.13. The molecule has 0 amide bonds. The first-order valence-corrected chi connectivity index (χ1v) is 8.48. The van der Waals surface area contributed by atoms with Crippen molar-refractivity contribution in [3.05, 3.63) is 28.0 Å². The summed E-state index contributed by atoms with van der Waals surface area (Å²) in [6.07, 6.45) is 1.46. The zero-order valence-electron chi connectivity index (χ0n) is 9.95. The van der Waals surface area contributed by atoms with Gasteiger partial charge in [0.15, 0.2) is 5.82 Å². The molecule has 4 nitrogen and oxygen atoms in total. The highest BCUT2D eigenvalue weighted by Gasteiger charge is 2.24. The van der Waals surface area contributed by atoms with Crippen LogP contribution in [0.5, 0.6) is 0 Å². The summed E-state index contributed by atoms with van der Waals surface area (Å²) in [5, 5.41) is 0. The second-order valence-electron chi connectivity index (χ2n) is 3.69. The van der Waals surface area contributed by atoms with Gasteiger partial charge in [0.1, 0.15) is 4.90 Å². The molecular formula is C11H11BrClFO4S. The third kappa shape index (κ3) is 4.43. The Morgan fingerprint density at radius 1 is 1.47 bits per heavy atom. The van der Waals surface area contributed by atoms with Crippen LogP contribution in [0.4, 0.5) is 4.39 Å². The summed E-state index contributed by atoms with van der Waals surface area (Å²) in [7, 11) is 0.821. The minimum absolute atomic E-state index is 0.143. The third-order valence-corrected chi connectivity index (χ3v) is 4.00. The molecule has 0 bridgehead atoms. The van der Waals surface area contributed by atoms with Gasteiger partial charge < -0.3 is 4.74 Å². The van der Waals surface area contributed by atoms with Crippen LogP contribution in [-0.2, 0) is 13.8 Å². The quantitative estimate of drug-likeness (QED) is 0.450. The van der Waals surface area contributed by atoms with Crippen molar-refractivity contribution in [1.82, 2.24) is 0 Å². The maximum Gasteiger partial charge on any atom is 0.341 e. The molecule has 1 rings (SSSR count). The molecule has 0 aliphatic heterocycles. The molecular weight excluding hydrogens is 363 g/mol. The number of hydrogen-bond donors (Lipinski definition) is 0. The molecule has 0 spiro atoms. The lowest BCUT2D eigenvalue weighted by atomic mass is 10.2. The number of esters is 1. The van der Waals surface area contributed by atoms with E-state index in [-0.39, 0.29) is 11.1 Å². The van der Waals surface area contributed by atoms with Crippen molar-refractivity contribution in [2.45, 2.75) is 24.7 Å². The van der Waals surface area contributed by atoms with Crippen LogP contribution in [-0.4, -0.2) is 21.0 Å². The van der Waals surface area contributed by atoms with Crippen LogP contribution >= 0.6 is 26.6 Å². The Kier molecular flexibility index (Phi) is 5.76.